The number of amides is 1. The van der Waals surface area contributed by atoms with Crippen LogP contribution < -0.4 is 10.6 Å². The summed E-state index contributed by atoms with van der Waals surface area (Å²) >= 11 is 5.65. The molecule has 0 aromatic heterocycles. The molecule has 0 aliphatic carbocycles. The number of hydrogen-bond donors (Lipinski definition) is 2. The van der Waals surface area contributed by atoms with E-state index in [9.17, 15) is 18.0 Å². The fourth-order valence-electron chi connectivity index (χ4n) is 2.72. The van der Waals surface area contributed by atoms with Crippen molar-refractivity contribution in [3.63, 3.8) is 0 Å². The van der Waals surface area contributed by atoms with E-state index in [1.807, 2.05) is 0 Å². The molecule has 1 aliphatic rings. The lowest BCUT2D eigenvalue weighted by Crippen LogP contribution is -2.51. The maximum Gasteiger partial charge on any atom is 0.417 e. The summed E-state index contributed by atoms with van der Waals surface area (Å²) in [4.78, 5) is 11.5. The van der Waals surface area contributed by atoms with Gasteiger partial charge in [0.1, 0.15) is 0 Å². The zero-order valence-corrected chi connectivity index (χ0v) is 13.5. The van der Waals surface area contributed by atoms with Gasteiger partial charge in [0.15, 0.2) is 0 Å². The molecule has 0 unspecified atom stereocenters. The van der Waals surface area contributed by atoms with Crippen LogP contribution in [0.5, 0.6) is 0 Å². The van der Waals surface area contributed by atoms with Gasteiger partial charge in [-0.2, -0.15) is 13.2 Å². The lowest BCUT2D eigenvalue weighted by molar-refractivity contribution is -0.137. The van der Waals surface area contributed by atoms with Crippen molar-refractivity contribution in [2.45, 2.75) is 31.5 Å². The number of halogens is 5. The van der Waals surface area contributed by atoms with Crippen molar-refractivity contribution < 1.29 is 18.0 Å². The summed E-state index contributed by atoms with van der Waals surface area (Å²) in [6, 6.07) is 3.84. The maximum atomic E-state index is 13.0. The molecule has 2 rings (SSSR count). The molecule has 124 valence electrons. The molecule has 2 N–H and O–H groups in total. The van der Waals surface area contributed by atoms with Crippen molar-refractivity contribution in [1.82, 2.24) is 10.6 Å². The Balaban J connectivity index is 0.00000242. The highest BCUT2D eigenvalue weighted by molar-refractivity contribution is 6.31. The maximum absolute atomic E-state index is 13.0. The Morgan fingerprint density at radius 3 is 2.41 bits per heavy atom. The average Bonchev–Trinajstić information content (AvgIpc) is 2.38. The molecule has 0 saturated carbocycles. The molecule has 1 aromatic rings. The van der Waals surface area contributed by atoms with Gasteiger partial charge in [-0.05, 0) is 43.6 Å². The van der Waals surface area contributed by atoms with Gasteiger partial charge >= 0.3 is 6.18 Å². The molecular formula is C14H17Cl2F3N2O. The van der Waals surface area contributed by atoms with Crippen molar-refractivity contribution in [2.75, 3.05) is 13.1 Å². The first kappa shape index (κ1) is 19.1. The topological polar surface area (TPSA) is 41.1 Å². The summed E-state index contributed by atoms with van der Waals surface area (Å²) in [7, 11) is 0. The van der Waals surface area contributed by atoms with Gasteiger partial charge < -0.3 is 10.6 Å². The van der Waals surface area contributed by atoms with E-state index < -0.39 is 17.3 Å². The molecule has 1 fully saturated rings. The van der Waals surface area contributed by atoms with Crippen molar-refractivity contribution in [1.29, 1.82) is 0 Å². The Hall–Kier alpha value is -0.980. The monoisotopic (exact) mass is 356 g/mol. The molecular weight excluding hydrogens is 340 g/mol. The Bertz CT molecular complexity index is 543. The van der Waals surface area contributed by atoms with Gasteiger partial charge in [0, 0.05) is 6.92 Å². The highest BCUT2D eigenvalue weighted by Gasteiger charge is 2.38. The van der Waals surface area contributed by atoms with E-state index in [1.165, 1.54) is 13.0 Å². The number of carbonyl (C=O) groups is 1. The van der Waals surface area contributed by atoms with Crippen LogP contribution in [0, 0.1) is 0 Å². The second kappa shape index (κ2) is 7.06. The van der Waals surface area contributed by atoms with Crippen LogP contribution in [0.15, 0.2) is 18.2 Å². The number of nitrogens with one attached hydrogen (secondary N) is 2. The molecule has 1 saturated heterocycles. The third kappa shape index (κ3) is 4.06. The van der Waals surface area contributed by atoms with Gasteiger partial charge in [0.05, 0.1) is 16.1 Å². The van der Waals surface area contributed by atoms with Crippen molar-refractivity contribution in [2.24, 2.45) is 0 Å². The van der Waals surface area contributed by atoms with Gasteiger partial charge in [-0.1, -0.05) is 17.7 Å². The highest BCUT2D eigenvalue weighted by Crippen LogP contribution is 2.39. The van der Waals surface area contributed by atoms with Crippen LogP contribution >= 0.6 is 24.0 Å². The van der Waals surface area contributed by atoms with Crippen molar-refractivity contribution in [3.05, 3.63) is 34.3 Å². The quantitative estimate of drug-likeness (QED) is 0.851. The van der Waals surface area contributed by atoms with Crippen LogP contribution in [0.25, 0.3) is 0 Å². The third-order valence-corrected chi connectivity index (χ3v) is 4.03. The lowest BCUT2D eigenvalue weighted by atomic mass is 9.80. The second-order valence-corrected chi connectivity index (χ2v) is 5.61. The van der Waals surface area contributed by atoms with E-state index >= 15 is 0 Å². The minimum atomic E-state index is -4.52. The fraction of sp³-hybridized carbons (Fsp3) is 0.500. The second-order valence-electron chi connectivity index (χ2n) is 5.21. The summed E-state index contributed by atoms with van der Waals surface area (Å²) in [6.07, 6.45) is -3.45. The first-order chi connectivity index (χ1) is 9.74. The van der Waals surface area contributed by atoms with Gasteiger partial charge in [-0.15, -0.1) is 12.4 Å². The molecule has 1 aliphatic heterocycles. The van der Waals surface area contributed by atoms with Gasteiger partial charge in [0.25, 0.3) is 0 Å². The van der Waals surface area contributed by atoms with Crippen LogP contribution in [0.3, 0.4) is 0 Å². The smallest absolute Gasteiger partial charge is 0.347 e. The van der Waals surface area contributed by atoms with Crippen LogP contribution in [0.1, 0.15) is 30.9 Å². The first-order valence-corrected chi connectivity index (χ1v) is 6.99. The van der Waals surface area contributed by atoms with E-state index in [4.69, 9.17) is 11.6 Å². The highest BCUT2D eigenvalue weighted by atomic mass is 35.5. The standard InChI is InChI=1S/C14H16ClF3N2O.ClH/c1-9(21)20-13(4-6-19-7-5-13)10-2-3-12(15)11(8-10)14(16,17)18;/h2-3,8,19H,4-7H2,1H3,(H,20,21);1H. The van der Waals surface area contributed by atoms with E-state index in [0.717, 1.165) is 6.07 Å². The molecule has 22 heavy (non-hydrogen) atoms. The number of piperidine rings is 1. The van der Waals surface area contributed by atoms with E-state index in [-0.39, 0.29) is 23.3 Å². The van der Waals surface area contributed by atoms with Crippen molar-refractivity contribution >= 4 is 29.9 Å². The van der Waals surface area contributed by atoms with E-state index in [1.54, 1.807) is 6.07 Å². The minimum absolute atomic E-state index is 0. The summed E-state index contributed by atoms with van der Waals surface area (Å²) < 4.78 is 39.0. The molecule has 3 nitrogen and oxygen atoms in total. The molecule has 0 radical (unpaired) electrons. The largest absolute Gasteiger partial charge is 0.417 e. The third-order valence-electron chi connectivity index (χ3n) is 3.70. The first-order valence-electron chi connectivity index (χ1n) is 6.61. The zero-order chi connectivity index (χ0) is 15.7. The van der Waals surface area contributed by atoms with E-state index in [2.05, 4.69) is 10.6 Å². The Morgan fingerprint density at radius 2 is 1.91 bits per heavy atom. The lowest BCUT2D eigenvalue weighted by Gasteiger charge is -2.39. The summed E-state index contributed by atoms with van der Waals surface area (Å²) in [5.74, 6) is -0.264. The molecule has 1 amide bonds. The normalized spacial score (nSPS) is 17.5. The minimum Gasteiger partial charge on any atom is -0.347 e. The number of rotatable bonds is 2. The Labute approximate surface area is 138 Å². The fourth-order valence-corrected chi connectivity index (χ4v) is 2.94. The summed E-state index contributed by atoms with van der Waals surface area (Å²) in [5, 5.41) is 5.62. The Morgan fingerprint density at radius 1 is 1.32 bits per heavy atom. The number of alkyl halides is 3. The number of hydrogen-bond acceptors (Lipinski definition) is 2. The predicted octanol–water partition coefficient (Wildman–Crippen LogP) is 3.50. The van der Waals surface area contributed by atoms with Gasteiger partial charge in [0.2, 0.25) is 5.91 Å². The summed E-state index contributed by atoms with van der Waals surface area (Å²) in [6.45, 7) is 2.62. The molecule has 1 heterocycles. The number of carbonyl (C=O) groups excluding carboxylic acids is 1. The Kier molecular flexibility index (Phi) is 6.12. The SMILES string of the molecule is CC(=O)NC1(c2ccc(Cl)c(C(F)(F)F)c2)CCNCC1.Cl. The summed E-state index contributed by atoms with van der Waals surface area (Å²) in [5.41, 5.74) is -1.21. The van der Waals surface area contributed by atoms with Crippen LogP contribution in [-0.2, 0) is 16.5 Å². The van der Waals surface area contributed by atoms with Gasteiger partial charge in [-0.3, -0.25) is 4.79 Å². The average molecular weight is 357 g/mol. The van der Waals surface area contributed by atoms with Crippen LogP contribution in [0.4, 0.5) is 13.2 Å². The molecule has 8 heteroatoms. The number of benzene rings is 1. The van der Waals surface area contributed by atoms with E-state index in [0.29, 0.717) is 31.5 Å². The van der Waals surface area contributed by atoms with Crippen LogP contribution in [0.2, 0.25) is 5.02 Å². The molecule has 0 bridgehead atoms. The predicted molar refractivity (Wildman–Crippen MR) is 81.3 cm³/mol. The zero-order valence-electron chi connectivity index (χ0n) is 11.9. The molecule has 0 atom stereocenters. The molecule has 0 spiro atoms. The van der Waals surface area contributed by atoms with Crippen molar-refractivity contribution in [3.8, 4) is 0 Å². The van der Waals surface area contributed by atoms with Gasteiger partial charge in [-0.25, -0.2) is 0 Å². The molecule has 1 aromatic carbocycles. The van der Waals surface area contributed by atoms with Crippen LogP contribution in [-0.4, -0.2) is 19.0 Å².